The Labute approximate surface area is 137 Å². The van der Waals surface area contributed by atoms with Crippen molar-refractivity contribution in [1.29, 1.82) is 0 Å². The second-order valence-corrected chi connectivity index (χ2v) is 5.54. The SMILES string of the molecule is CCN(CCN(C)C)c1cnc(-c2ccccc2)nc1C(N)=O. The van der Waals surface area contributed by atoms with Gasteiger partial charge in [0.25, 0.3) is 5.91 Å². The van der Waals surface area contributed by atoms with Crippen LogP contribution in [0, 0.1) is 0 Å². The van der Waals surface area contributed by atoms with Crippen molar-refractivity contribution >= 4 is 11.6 Å². The van der Waals surface area contributed by atoms with Crippen LogP contribution in [0.5, 0.6) is 0 Å². The molecule has 2 N–H and O–H groups in total. The van der Waals surface area contributed by atoms with Gasteiger partial charge >= 0.3 is 0 Å². The molecule has 23 heavy (non-hydrogen) atoms. The second kappa shape index (κ2) is 7.69. The molecule has 0 bridgehead atoms. The maximum atomic E-state index is 11.9. The number of likely N-dealkylation sites (N-methyl/N-ethyl adjacent to an activating group) is 2. The van der Waals surface area contributed by atoms with E-state index in [1.807, 2.05) is 51.4 Å². The highest BCUT2D eigenvalue weighted by atomic mass is 16.1. The van der Waals surface area contributed by atoms with Gasteiger partial charge in [-0.05, 0) is 21.0 Å². The van der Waals surface area contributed by atoms with E-state index in [1.54, 1.807) is 6.20 Å². The first-order chi connectivity index (χ1) is 11.0. The number of amides is 1. The van der Waals surface area contributed by atoms with Crippen molar-refractivity contribution in [2.24, 2.45) is 5.73 Å². The van der Waals surface area contributed by atoms with E-state index in [9.17, 15) is 4.79 Å². The van der Waals surface area contributed by atoms with E-state index < -0.39 is 5.91 Å². The van der Waals surface area contributed by atoms with Gasteiger partial charge in [0.05, 0.1) is 11.9 Å². The number of carbonyl (C=O) groups is 1. The molecule has 1 heterocycles. The Kier molecular flexibility index (Phi) is 5.65. The second-order valence-electron chi connectivity index (χ2n) is 5.54. The van der Waals surface area contributed by atoms with Gasteiger partial charge in [-0.25, -0.2) is 9.97 Å². The van der Waals surface area contributed by atoms with E-state index in [4.69, 9.17) is 5.73 Å². The van der Waals surface area contributed by atoms with E-state index in [1.165, 1.54) is 0 Å². The minimum atomic E-state index is -0.539. The summed E-state index contributed by atoms with van der Waals surface area (Å²) in [5, 5.41) is 0. The molecule has 1 amide bonds. The van der Waals surface area contributed by atoms with Gasteiger partial charge in [0.2, 0.25) is 0 Å². The van der Waals surface area contributed by atoms with Gasteiger partial charge in [-0.3, -0.25) is 4.79 Å². The molecule has 0 unspecified atom stereocenters. The number of carbonyl (C=O) groups excluding carboxylic acids is 1. The number of rotatable bonds is 7. The molecule has 0 saturated heterocycles. The largest absolute Gasteiger partial charge is 0.367 e. The van der Waals surface area contributed by atoms with Gasteiger partial charge in [0.1, 0.15) is 0 Å². The number of hydrogen-bond acceptors (Lipinski definition) is 5. The van der Waals surface area contributed by atoms with Crippen LogP contribution in [0.25, 0.3) is 11.4 Å². The first-order valence-electron chi connectivity index (χ1n) is 7.65. The van der Waals surface area contributed by atoms with Crippen LogP contribution in [0.15, 0.2) is 36.5 Å². The lowest BCUT2D eigenvalue weighted by atomic mass is 10.2. The summed E-state index contributed by atoms with van der Waals surface area (Å²) in [6, 6.07) is 9.55. The van der Waals surface area contributed by atoms with E-state index in [0.29, 0.717) is 11.5 Å². The van der Waals surface area contributed by atoms with E-state index >= 15 is 0 Å². The molecule has 6 nitrogen and oxygen atoms in total. The molecule has 0 atom stereocenters. The molecule has 0 saturated carbocycles. The third-order valence-corrected chi connectivity index (χ3v) is 3.57. The van der Waals surface area contributed by atoms with Gasteiger partial charge in [-0.1, -0.05) is 30.3 Å². The molecule has 0 aliphatic carbocycles. The summed E-state index contributed by atoms with van der Waals surface area (Å²) in [5.74, 6) is -0.0327. The fraction of sp³-hybridized carbons (Fsp3) is 0.353. The van der Waals surface area contributed by atoms with Crippen LogP contribution in [0.2, 0.25) is 0 Å². The number of nitrogens with zero attached hydrogens (tertiary/aromatic N) is 4. The molecule has 0 aliphatic rings. The lowest BCUT2D eigenvalue weighted by Gasteiger charge is -2.25. The monoisotopic (exact) mass is 313 g/mol. The fourth-order valence-corrected chi connectivity index (χ4v) is 2.28. The third-order valence-electron chi connectivity index (χ3n) is 3.57. The summed E-state index contributed by atoms with van der Waals surface area (Å²) < 4.78 is 0. The van der Waals surface area contributed by atoms with Gasteiger partial charge in [0.15, 0.2) is 11.5 Å². The Morgan fingerprint density at radius 2 is 1.87 bits per heavy atom. The molecular weight excluding hydrogens is 290 g/mol. The zero-order valence-electron chi connectivity index (χ0n) is 13.9. The molecule has 0 radical (unpaired) electrons. The average molecular weight is 313 g/mol. The lowest BCUT2D eigenvalue weighted by molar-refractivity contribution is 0.0996. The summed E-state index contributed by atoms with van der Waals surface area (Å²) in [6.45, 7) is 4.43. The minimum absolute atomic E-state index is 0.263. The highest BCUT2D eigenvalue weighted by Crippen LogP contribution is 2.21. The van der Waals surface area contributed by atoms with Crippen molar-refractivity contribution in [3.8, 4) is 11.4 Å². The van der Waals surface area contributed by atoms with Gasteiger partial charge in [0, 0.05) is 25.2 Å². The Hall–Kier alpha value is -2.47. The first kappa shape index (κ1) is 16.9. The van der Waals surface area contributed by atoms with Crippen molar-refractivity contribution in [2.45, 2.75) is 6.92 Å². The summed E-state index contributed by atoms with van der Waals surface area (Å²) in [7, 11) is 4.02. The van der Waals surface area contributed by atoms with E-state index in [2.05, 4.69) is 19.8 Å². The summed E-state index contributed by atoms with van der Waals surface area (Å²) in [4.78, 5) is 24.8. The lowest BCUT2D eigenvalue weighted by Crippen LogP contribution is -2.33. The Morgan fingerprint density at radius 1 is 1.17 bits per heavy atom. The fourth-order valence-electron chi connectivity index (χ4n) is 2.28. The number of primary amides is 1. The number of aromatic nitrogens is 2. The molecule has 2 aromatic rings. The molecule has 2 rings (SSSR count). The molecule has 6 heteroatoms. The number of anilines is 1. The van der Waals surface area contributed by atoms with Crippen molar-refractivity contribution in [1.82, 2.24) is 14.9 Å². The normalized spacial score (nSPS) is 10.8. The molecule has 1 aromatic carbocycles. The number of nitrogens with two attached hydrogens (primary N) is 1. The average Bonchev–Trinajstić information content (AvgIpc) is 2.56. The van der Waals surface area contributed by atoms with Crippen LogP contribution < -0.4 is 10.6 Å². The zero-order valence-corrected chi connectivity index (χ0v) is 13.9. The minimum Gasteiger partial charge on any atom is -0.367 e. The summed E-state index contributed by atoms with van der Waals surface area (Å²) >= 11 is 0. The number of hydrogen-bond donors (Lipinski definition) is 1. The molecule has 1 aromatic heterocycles. The molecule has 0 aliphatic heterocycles. The smallest absolute Gasteiger partial charge is 0.269 e. The van der Waals surface area contributed by atoms with Crippen LogP contribution in [0.1, 0.15) is 17.4 Å². The third kappa shape index (κ3) is 4.26. The molecule has 0 fully saturated rings. The van der Waals surface area contributed by atoms with E-state index in [-0.39, 0.29) is 5.69 Å². The van der Waals surface area contributed by atoms with Gasteiger partial charge < -0.3 is 15.5 Å². The highest BCUT2D eigenvalue weighted by Gasteiger charge is 2.17. The van der Waals surface area contributed by atoms with Crippen molar-refractivity contribution in [3.63, 3.8) is 0 Å². The highest BCUT2D eigenvalue weighted by molar-refractivity contribution is 5.96. The zero-order chi connectivity index (χ0) is 16.8. The number of benzene rings is 1. The Balaban J connectivity index is 2.38. The topological polar surface area (TPSA) is 75.3 Å². The maximum absolute atomic E-state index is 11.9. The quantitative estimate of drug-likeness (QED) is 0.841. The first-order valence-corrected chi connectivity index (χ1v) is 7.65. The molecule has 122 valence electrons. The maximum Gasteiger partial charge on any atom is 0.269 e. The van der Waals surface area contributed by atoms with Crippen molar-refractivity contribution in [3.05, 3.63) is 42.2 Å². The van der Waals surface area contributed by atoms with Gasteiger partial charge in [-0.15, -0.1) is 0 Å². The van der Waals surface area contributed by atoms with Crippen LogP contribution in [-0.2, 0) is 0 Å². The molecular formula is C17H23N5O. The van der Waals surface area contributed by atoms with Crippen LogP contribution in [0.3, 0.4) is 0 Å². The predicted molar refractivity (Wildman–Crippen MR) is 92.4 cm³/mol. The van der Waals surface area contributed by atoms with Crippen LogP contribution in [0.4, 0.5) is 5.69 Å². The van der Waals surface area contributed by atoms with E-state index in [0.717, 1.165) is 25.2 Å². The molecule has 0 spiro atoms. The summed E-state index contributed by atoms with van der Waals surface area (Å²) in [6.07, 6.45) is 1.69. The van der Waals surface area contributed by atoms with Crippen molar-refractivity contribution in [2.75, 3.05) is 38.6 Å². The van der Waals surface area contributed by atoms with Gasteiger partial charge in [-0.2, -0.15) is 0 Å². The predicted octanol–water partition coefficient (Wildman–Crippen LogP) is 1.63. The standard InChI is InChI=1S/C17H23N5O/c1-4-22(11-10-21(2)3)14-12-19-17(20-15(14)16(18)23)13-8-6-5-7-9-13/h5-9,12H,4,10-11H2,1-3H3,(H2,18,23). The Bertz CT molecular complexity index is 657. The Morgan fingerprint density at radius 3 is 2.43 bits per heavy atom. The van der Waals surface area contributed by atoms with Crippen LogP contribution in [-0.4, -0.2) is 54.5 Å². The van der Waals surface area contributed by atoms with Crippen LogP contribution >= 0.6 is 0 Å². The van der Waals surface area contributed by atoms with Crippen molar-refractivity contribution < 1.29 is 4.79 Å². The summed E-state index contributed by atoms with van der Waals surface area (Å²) in [5.41, 5.74) is 7.35.